The topological polar surface area (TPSA) is 63.6 Å². The van der Waals surface area contributed by atoms with Crippen molar-refractivity contribution in [1.29, 1.82) is 0 Å². The molecule has 0 fully saturated rings. The zero-order chi connectivity index (χ0) is 14.8. The number of aromatic carboxylic acids is 1. The first-order valence-corrected chi connectivity index (χ1v) is 6.26. The van der Waals surface area contributed by atoms with E-state index in [2.05, 4.69) is 0 Å². The summed E-state index contributed by atoms with van der Waals surface area (Å²) < 4.78 is 5.25. The smallest absolute Gasteiger partial charge is 0.339 e. The highest BCUT2D eigenvalue weighted by atomic mass is 16.6. The second-order valence-corrected chi connectivity index (χ2v) is 5.48. The Morgan fingerprint density at radius 3 is 2.21 bits per heavy atom. The molecule has 1 aromatic rings. The molecule has 1 aromatic carbocycles. The standard InChI is InChI=1S/C15H20O4/c1-6-10-8-12(14(18)19-15(3,4)5)11(13(16)17)7-9(10)2/h7-8H,6H2,1-5H3,(H,16,17). The second kappa shape index (κ2) is 5.43. The van der Waals surface area contributed by atoms with Gasteiger partial charge in [-0.1, -0.05) is 6.92 Å². The molecule has 0 heterocycles. The van der Waals surface area contributed by atoms with Crippen LogP contribution in [-0.4, -0.2) is 22.6 Å². The lowest BCUT2D eigenvalue weighted by Crippen LogP contribution is -2.25. The van der Waals surface area contributed by atoms with Gasteiger partial charge in [0.2, 0.25) is 0 Å². The summed E-state index contributed by atoms with van der Waals surface area (Å²) >= 11 is 0. The second-order valence-electron chi connectivity index (χ2n) is 5.48. The number of carboxylic acids is 1. The molecule has 0 radical (unpaired) electrons. The lowest BCUT2D eigenvalue weighted by molar-refractivity contribution is 0.00657. The van der Waals surface area contributed by atoms with Crippen LogP contribution in [-0.2, 0) is 11.2 Å². The van der Waals surface area contributed by atoms with Crippen molar-refractivity contribution >= 4 is 11.9 Å². The van der Waals surface area contributed by atoms with Gasteiger partial charge in [-0.3, -0.25) is 0 Å². The summed E-state index contributed by atoms with van der Waals surface area (Å²) in [6, 6.07) is 3.15. The van der Waals surface area contributed by atoms with Gasteiger partial charge in [-0.2, -0.15) is 0 Å². The van der Waals surface area contributed by atoms with Crippen molar-refractivity contribution in [2.45, 2.75) is 46.6 Å². The van der Waals surface area contributed by atoms with Crippen LogP contribution in [0, 0.1) is 6.92 Å². The average molecular weight is 264 g/mol. The van der Waals surface area contributed by atoms with E-state index in [9.17, 15) is 14.7 Å². The molecule has 0 amide bonds. The van der Waals surface area contributed by atoms with E-state index >= 15 is 0 Å². The molecule has 19 heavy (non-hydrogen) atoms. The number of carbonyl (C=O) groups excluding carboxylic acids is 1. The van der Waals surface area contributed by atoms with E-state index in [1.54, 1.807) is 26.8 Å². The van der Waals surface area contributed by atoms with Crippen LogP contribution >= 0.6 is 0 Å². The van der Waals surface area contributed by atoms with Crippen molar-refractivity contribution in [3.8, 4) is 0 Å². The minimum Gasteiger partial charge on any atom is -0.478 e. The number of carboxylic acid groups (broad SMARTS) is 1. The fraction of sp³-hybridized carbons (Fsp3) is 0.467. The largest absolute Gasteiger partial charge is 0.478 e. The van der Waals surface area contributed by atoms with Crippen molar-refractivity contribution in [3.05, 3.63) is 34.4 Å². The number of hydrogen-bond donors (Lipinski definition) is 1. The Hall–Kier alpha value is -1.84. The van der Waals surface area contributed by atoms with Crippen LogP contribution in [0.3, 0.4) is 0 Å². The molecule has 0 aliphatic heterocycles. The molecule has 104 valence electrons. The average Bonchev–Trinajstić information content (AvgIpc) is 2.25. The monoisotopic (exact) mass is 264 g/mol. The fourth-order valence-electron chi connectivity index (χ4n) is 1.81. The van der Waals surface area contributed by atoms with Crippen molar-refractivity contribution in [2.75, 3.05) is 0 Å². The van der Waals surface area contributed by atoms with Gasteiger partial charge in [0.1, 0.15) is 5.60 Å². The number of esters is 1. The van der Waals surface area contributed by atoms with E-state index in [-0.39, 0.29) is 11.1 Å². The number of ether oxygens (including phenoxy) is 1. The summed E-state index contributed by atoms with van der Waals surface area (Å²) in [7, 11) is 0. The molecule has 0 aliphatic carbocycles. The van der Waals surface area contributed by atoms with E-state index in [0.29, 0.717) is 0 Å². The maximum atomic E-state index is 12.1. The highest BCUT2D eigenvalue weighted by Gasteiger charge is 2.23. The molecule has 0 unspecified atom stereocenters. The van der Waals surface area contributed by atoms with E-state index in [4.69, 9.17) is 4.74 Å². The Balaban J connectivity index is 3.31. The molecule has 4 heteroatoms. The van der Waals surface area contributed by atoms with Gasteiger partial charge in [0.15, 0.2) is 0 Å². The molecule has 0 saturated heterocycles. The van der Waals surface area contributed by atoms with Crippen molar-refractivity contribution < 1.29 is 19.4 Å². The Morgan fingerprint density at radius 1 is 1.21 bits per heavy atom. The first-order valence-electron chi connectivity index (χ1n) is 6.26. The van der Waals surface area contributed by atoms with Crippen LogP contribution in [0.1, 0.15) is 59.5 Å². The third kappa shape index (κ3) is 3.81. The maximum Gasteiger partial charge on any atom is 0.339 e. The van der Waals surface area contributed by atoms with Gasteiger partial charge >= 0.3 is 11.9 Å². The number of rotatable bonds is 3. The third-order valence-electron chi connectivity index (χ3n) is 2.71. The zero-order valence-corrected chi connectivity index (χ0v) is 12.0. The third-order valence-corrected chi connectivity index (χ3v) is 2.71. The first-order chi connectivity index (χ1) is 8.65. The molecule has 0 atom stereocenters. The van der Waals surface area contributed by atoms with Crippen LogP contribution < -0.4 is 0 Å². The SMILES string of the molecule is CCc1cc(C(=O)OC(C)(C)C)c(C(=O)O)cc1C. The number of benzene rings is 1. The highest BCUT2D eigenvalue weighted by molar-refractivity contribution is 6.03. The van der Waals surface area contributed by atoms with Crippen molar-refractivity contribution in [3.63, 3.8) is 0 Å². The number of aryl methyl sites for hydroxylation is 2. The van der Waals surface area contributed by atoms with E-state index < -0.39 is 17.5 Å². The van der Waals surface area contributed by atoms with Crippen LogP contribution in [0.15, 0.2) is 12.1 Å². The maximum absolute atomic E-state index is 12.1. The van der Waals surface area contributed by atoms with Gasteiger partial charge in [-0.25, -0.2) is 9.59 Å². The molecule has 0 aromatic heterocycles. The Labute approximate surface area is 113 Å². The van der Waals surface area contributed by atoms with Crippen LogP contribution in [0.4, 0.5) is 0 Å². The minimum absolute atomic E-state index is 0.0102. The highest BCUT2D eigenvalue weighted by Crippen LogP contribution is 2.21. The van der Waals surface area contributed by atoms with E-state index in [1.807, 2.05) is 13.8 Å². The van der Waals surface area contributed by atoms with Gasteiger partial charge < -0.3 is 9.84 Å². The fourth-order valence-corrected chi connectivity index (χ4v) is 1.81. The molecule has 1 N–H and O–H groups in total. The summed E-state index contributed by atoms with van der Waals surface area (Å²) in [6.07, 6.45) is 0.738. The molecule has 0 aliphatic rings. The van der Waals surface area contributed by atoms with Crippen LogP contribution in [0.5, 0.6) is 0 Å². The lowest BCUT2D eigenvalue weighted by Gasteiger charge is -2.20. The predicted molar refractivity (Wildman–Crippen MR) is 72.7 cm³/mol. The molecule has 0 saturated carbocycles. The van der Waals surface area contributed by atoms with Crippen LogP contribution in [0.2, 0.25) is 0 Å². The summed E-state index contributed by atoms with van der Waals surface area (Å²) in [5, 5.41) is 9.19. The van der Waals surface area contributed by atoms with Gasteiger partial charge in [-0.15, -0.1) is 0 Å². The normalized spacial score (nSPS) is 11.2. The molecule has 0 spiro atoms. The molecular weight excluding hydrogens is 244 g/mol. The zero-order valence-electron chi connectivity index (χ0n) is 12.0. The summed E-state index contributed by atoms with van der Waals surface area (Å²) in [6.45, 7) is 9.05. The molecule has 1 rings (SSSR count). The predicted octanol–water partition coefficient (Wildman–Crippen LogP) is 3.21. The Morgan fingerprint density at radius 2 is 1.79 bits per heavy atom. The quantitative estimate of drug-likeness (QED) is 0.851. The van der Waals surface area contributed by atoms with Gasteiger partial charge in [0, 0.05) is 0 Å². The van der Waals surface area contributed by atoms with E-state index in [0.717, 1.165) is 17.5 Å². The first kappa shape index (κ1) is 15.2. The van der Waals surface area contributed by atoms with Gasteiger partial charge in [-0.05, 0) is 57.4 Å². The number of hydrogen-bond acceptors (Lipinski definition) is 3. The summed E-state index contributed by atoms with van der Waals surface area (Å²) in [5.41, 5.74) is 1.27. The Bertz CT molecular complexity index is 510. The van der Waals surface area contributed by atoms with E-state index in [1.165, 1.54) is 6.07 Å². The molecule has 0 bridgehead atoms. The summed E-state index contributed by atoms with van der Waals surface area (Å²) in [5.74, 6) is -1.72. The van der Waals surface area contributed by atoms with Gasteiger partial charge in [0.25, 0.3) is 0 Å². The van der Waals surface area contributed by atoms with Crippen LogP contribution in [0.25, 0.3) is 0 Å². The van der Waals surface area contributed by atoms with Crippen molar-refractivity contribution in [1.82, 2.24) is 0 Å². The lowest BCUT2D eigenvalue weighted by atomic mass is 9.97. The summed E-state index contributed by atoms with van der Waals surface area (Å²) in [4.78, 5) is 23.3. The number of carbonyl (C=O) groups is 2. The molecule has 4 nitrogen and oxygen atoms in total. The van der Waals surface area contributed by atoms with Gasteiger partial charge in [0.05, 0.1) is 11.1 Å². The Kier molecular flexibility index (Phi) is 4.35. The minimum atomic E-state index is -1.12. The molecular formula is C15H20O4. The van der Waals surface area contributed by atoms with Crippen molar-refractivity contribution in [2.24, 2.45) is 0 Å².